The molecule has 0 aromatic heterocycles. The molecular weight excluding hydrogens is 797 g/mol. The maximum Gasteiger partial charge on any atom is 0.472 e. The third-order valence-corrected chi connectivity index (χ3v) is 9.87. The summed E-state index contributed by atoms with van der Waals surface area (Å²) < 4.78 is 32.5. The van der Waals surface area contributed by atoms with E-state index in [4.69, 9.17) is 24.8 Å². The van der Waals surface area contributed by atoms with Crippen molar-refractivity contribution >= 4 is 25.7 Å². The van der Waals surface area contributed by atoms with E-state index in [1.165, 1.54) is 57.8 Å². The largest absolute Gasteiger partial charge is 0.480 e. The average Bonchev–Trinajstić information content (AvgIpc) is 3.23. The van der Waals surface area contributed by atoms with Gasteiger partial charge < -0.3 is 30.3 Å². The van der Waals surface area contributed by atoms with E-state index < -0.39 is 63.8 Å². The van der Waals surface area contributed by atoms with Crippen LogP contribution in [0.15, 0.2) is 97.2 Å². The number of hydrogen-bond acceptors (Lipinski definition) is 10. The predicted octanol–water partition coefficient (Wildman–Crippen LogP) is 11.0. The fraction of sp³-hybridized carbons (Fsp3) is 0.604. The first-order valence-corrected chi connectivity index (χ1v) is 23.9. The van der Waals surface area contributed by atoms with E-state index in [2.05, 4.69) is 73.1 Å². The summed E-state index contributed by atoms with van der Waals surface area (Å²) in [6, 6.07) is -1.57. The molecule has 0 radical (unpaired) electrons. The topological polar surface area (TPSA) is 192 Å². The highest BCUT2D eigenvalue weighted by atomic mass is 31.2. The molecule has 0 saturated heterocycles. The second-order valence-corrected chi connectivity index (χ2v) is 16.1. The lowest BCUT2D eigenvalue weighted by molar-refractivity contribution is -0.161. The minimum atomic E-state index is -4.79. The Morgan fingerprint density at radius 3 is 1.67 bits per heavy atom. The Morgan fingerprint density at radius 1 is 0.590 bits per heavy atom. The van der Waals surface area contributed by atoms with Crippen molar-refractivity contribution < 1.29 is 52.6 Å². The van der Waals surface area contributed by atoms with Gasteiger partial charge in [0.15, 0.2) is 6.10 Å². The van der Waals surface area contributed by atoms with Crippen molar-refractivity contribution in [2.45, 2.75) is 167 Å². The molecule has 0 heterocycles. The van der Waals surface area contributed by atoms with Gasteiger partial charge in [-0.3, -0.25) is 23.4 Å². The number of allylic oxidation sites excluding steroid dienone is 15. The van der Waals surface area contributed by atoms with Crippen LogP contribution in [0.2, 0.25) is 0 Å². The van der Waals surface area contributed by atoms with E-state index in [0.717, 1.165) is 38.5 Å². The molecule has 0 aliphatic carbocycles. The smallest absolute Gasteiger partial charge is 0.472 e. The number of nitrogens with two attached hydrogens (primary N) is 1. The number of carbonyl (C=O) groups is 3. The van der Waals surface area contributed by atoms with Gasteiger partial charge in [0.1, 0.15) is 12.6 Å². The van der Waals surface area contributed by atoms with E-state index >= 15 is 0 Å². The molecule has 0 bridgehead atoms. The van der Waals surface area contributed by atoms with Crippen LogP contribution in [0.5, 0.6) is 0 Å². The number of rotatable bonds is 40. The molecule has 0 spiro atoms. The van der Waals surface area contributed by atoms with Gasteiger partial charge in [0.25, 0.3) is 0 Å². The number of phosphoric ester groups is 1. The first-order valence-electron chi connectivity index (χ1n) is 22.4. The second kappa shape index (κ2) is 41.7. The number of aliphatic hydroxyl groups is 1. The third kappa shape index (κ3) is 41.5. The van der Waals surface area contributed by atoms with Crippen LogP contribution < -0.4 is 5.73 Å². The van der Waals surface area contributed by atoms with Gasteiger partial charge >= 0.3 is 25.7 Å². The van der Waals surface area contributed by atoms with Crippen molar-refractivity contribution in [1.29, 1.82) is 0 Å². The van der Waals surface area contributed by atoms with E-state index in [0.29, 0.717) is 12.8 Å². The van der Waals surface area contributed by atoms with Crippen LogP contribution in [0.25, 0.3) is 0 Å². The molecule has 0 amide bonds. The predicted molar refractivity (Wildman–Crippen MR) is 246 cm³/mol. The molecule has 0 aromatic rings. The fourth-order valence-corrected chi connectivity index (χ4v) is 6.13. The van der Waals surface area contributed by atoms with Crippen LogP contribution >= 0.6 is 7.82 Å². The van der Waals surface area contributed by atoms with Crippen LogP contribution in [-0.4, -0.2) is 71.1 Å². The van der Waals surface area contributed by atoms with Gasteiger partial charge in [0, 0.05) is 12.8 Å². The number of phosphoric acid groups is 1. The Balaban J connectivity index is 4.67. The summed E-state index contributed by atoms with van der Waals surface area (Å²) in [4.78, 5) is 46.0. The maximum absolute atomic E-state index is 12.6. The fourth-order valence-electron chi connectivity index (χ4n) is 5.35. The van der Waals surface area contributed by atoms with E-state index in [-0.39, 0.29) is 25.7 Å². The summed E-state index contributed by atoms with van der Waals surface area (Å²) >= 11 is 0. The number of unbranched alkanes of at least 4 members (excludes halogenated alkanes) is 9. The van der Waals surface area contributed by atoms with Gasteiger partial charge in [0.05, 0.1) is 19.3 Å². The minimum absolute atomic E-state index is 0.0534. The minimum Gasteiger partial charge on any atom is -0.480 e. The van der Waals surface area contributed by atoms with Gasteiger partial charge in [-0.15, -0.1) is 0 Å². The monoisotopic (exact) mass is 876 g/mol. The first-order chi connectivity index (χ1) is 29.5. The summed E-state index contributed by atoms with van der Waals surface area (Å²) in [6.45, 7) is 2.48. The number of carboxylic acid groups (broad SMARTS) is 1. The van der Waals surface area contributed by atoms with E-state index in [1.54, 1.807) is 12.2 Å². The molecule has 61 heavy (non-hydrogen) atoms. The van der Waals surface area contributed by atoms with Crippen molar-refractivity contribution in [1.82, 2.24) is 0 Å². The van der Waals surface area contributed by atoms with Crippen LogP contribution in [-0.2, 0) is 37.5 Å². The number of esters is 2. The summed E-state index contributed by atoms with van der Waals surface area (Å²) in [7, 11) is -4.79. The number of aliphatic carboxylic acids is 1. The Hall–Kier alpha value is -3.64. The summed E-state index contributed by atoms with van der Waals surface area (Å²) in [6.07, 6.45) is 49.5. The molecule has 13 heteroatoms. The number of carbonyl (C=O) groups excluding carboxylic acids is 2. The van der Waals surface area contributed by atoms with Gasteiger partial charge in [0.2, 0.25) is 0 Å². The first kappa shape index (κ1) is 57.4. The van der Waals surface area contributed by atoms with Gasteiger partial charge in [-0.25, -0.2) is 4.57 Å². The Kier molecular flexibility index (Phi) is 39.2. The van der Waals surface area contributed by atoms with Crippen LogP contribution in [0.1, 0.15) is 149 Å². The third-order valence-electron chi connectivity index (χ3n) is 8.92. The highest BCUT2D eigenvalue weighted by Gasteiger charge is 2.28. The lowest BCUT2D eigenvalue weighted by Crippen LogP contribution is -2.34. The van der Waals surface area contributed by atoms with Crippen molar-refractivity contribution in [3.63, 3.8) is 0 Å². The van der Waals surface area contributed by atoms with Crippen LogP contribution in [0, 0.1) is 0 Å². The molecule has 346 valence electrons. The van der Waals surface area contributed by atoms with Gasteiger partial charge in [-0.05, 0) is 77.0 Å². The standard InChI is InChI=1S/C48H78NO11P/c1-3-5-7-9-11-13-15-17-18-19-20-21-22-24-26-28-30-32-34-38-46(51)57-40-44(41-58-61(55,56)59-42-45(49)48(53)54)60-47(52)39-35-37-43(50)36-33-31-29-27-25-23-16-14-12-10-8-6-4-2/h11,13,17-18,20-21,23-26,29-33,36,43-45,50H,3-10,12,14-16,19,22,27-28,34-35,37-42,49H2,1-2H3,(H,53,54)(H,55,56)/b13-11-,18-17-,21-20-,25-23+,26-24-,31-29+,32-30-,36-33+/t43?,44-,45+/m1/s1. The number of ether oxygens (including phenoxy) is 2. The quantitative estimate of drug-likeness (QED) is 0.0150. The number of carboxylic acids is 1. The second-order valence-electron chi connectivity index (χ2n) is 14.7. The molecule has 2 unspecified atom stereocenters. The lowest BCUT2D eigenvalue weighted by atomic mass is 10.1. The number of hydrogen-bond donors (Lipinski definition) is 4. The molecule has 0 aromatic carbocycles. The molecule has 5 N–H and O–H groups in total. The SMILES string of the molecule is CCCCC/C=C\C/C=C\C/C=C\C/C=C\C/C=C\CCC(=O)OC[C@H](COP(=O)(O)OC[C@H](N)C(=O)O)OC(=O)CCCC(O)/C=C/C=C/C/C=C/CCCCCCCC. The maximum atomic E-state index is 12.6. The van der Waals surface area contributed by atoms with Crippen LogP contribution in [0.4, 0.5) is 0 Å². The molecule has 0 rings (SSSR count). The van der Waals surface area contributed by atoms with Crippen molar-refractivity contribution in [3.05, 3.63) is 97.2 Å². The van der Waals surface area contributed by atoms with Crippen LogP contribution in [0.3, 0.4) is 0 Å². The number of aliphatic hydroxyl groups excluding tert-OH is 1. The lowest BCUT2D eigenvalue weighted by Gasteiger charge is -2.20. The highest BCUT2D eigenvalue weighted by molar-refractivity contribution is 7.47. The molecule has 0 aliphatic heterocycles. The van der Waals surface area contributed by atoms with Crippen molar-refractivity contribution in [2.24, 2.45) is 5.73 Å². The zero-order chi connectivity index (χ0) is 45.1. The Bertz CT molecular complexity index is 1420. The molecular formula is C48H78NO11P. The molecule has 0 fully saturated rings. The van der Waals surface area contributed by atoms with E-state index in [9.17, 15) is 28.9 Å². The molecule has 0 saturated carbocycles. The summed E-state index contributed by atoms with van der Waals surface area (Å²) in [5.74, 6) is -2.72. The molecule has 12 nitrogen and oxygen atoms in total. The Labute approximate surface area is 367 Å². The molecule has 0 aliphatic rings. The van der Waals surface area contributed by atoms with E-state index in [1.807, 2.05) is 30.4 Å². The highest BCUT2D eigenvalue weighted by Crippen LogP contribution is 2.43. The van der Waals surface area contributed by atoms with Crippen molar-refractivity contribution in [2.75, 3.05) is 19.8 Å². The van der Waals surface area contributed by atoms with Crippen molar-refractivity contribution in [3.8, 4) is 0 Å². The zero-order valence-electron chi connectivity index (χ0n) is 37.1. The summed E-state index contributed by atoms with van der Waals surface area (Å²) in [5, 5.41) is 19.2. The summed E-state index contributed by atoms with van der Waals surface area (Å²) in [5.41, 5.74) is 5.32. The Morgan fingerprint density at radius 2 is 1.08 bits per heavy atom. The van der Waals surface area contributed by atoms with Gasteiger partial charge in [-0.1, -0.05) is 156 Å². The zero-order valence-corrected chi connectivity index (χ0v) is 38.0. The normalized spacial score (nSPS) is 15.1. The molecule has 4 atom stereocenters. The average molecular weight is 876 g/mol. The van der Waals surface area contributed by atoms with Gasteiger partial charge in [-0.2, -0.15) is 0 Å².